The molecule has 1 aliphatic rings. The van der Waals surface area contributed by atoms with E-state index < -0.39 is 17.7 Å². The molecule has 1 heterocycles. The number of aliphatic hydroxyl groups is 1. The van der Waals surface area contributed by atoms with Crippen molar-refractivity contribution in [3.8, 4) is 17.2 Å². The minimum atomic E-state index is -0.913. The summed E-state index contributed by atoms with van der Waals surface area (Å²) in [5.74, 6) is -0.351. The first-order valence-corrected chi connectivity index (χ1v) is 10.7. The maximum atomic E-state index is 13.2. The zero-order chi connectivity index (χ0) is 24.4. The van der Waals surface area contributed by atoms with Gasteiger partial charge in [-0.3, -0.25) is 14.5 Å². The Hall–Kier alpha value is -3.97. The van der Waals surface area contributed by atoms with Gasteiger partial charge in [-0.1, -0.05) is 17.7 Å². The number of nitrogens with zero attached hydrogens (tertiary/aromatic N) is 1. The molecule has 1 atom stereocenters. The lowest BCUT2D eigenvalue weighted by Gasteiger charge is -2.26. The van der Waals surface area contributed by atoms with E-state index in [1.165, 1.54) is 26.2 Å². The second-order valence-corrected chi connectivity index (χ2v) is 7.92. The molecule has 0 bridgehead atoms. The third kappa shape index (κ3) is 4.06. The van der Waals surface area contributed by atoms with Crippen LogP contribution in [0.15, 0.2) is 72.3 Å². The van der Waals surface area contributed by atoms with Crippen molar-refractivity contribution in [3.05, 3.63) is 88.5 Å². The maximum Gasteiger partial charge on any atom is 0.300 e. The molecule has 34 heavy (non-hydrogen) atoms. The van der Waals surface area contributed by atoms with Crippen molar-refractivity contribution < 1.29 is 28.9 Å². The van der Waals surface area contributed by atoms with E-state index in [9.17, 15) is 14.7 Å². The molecule has 0 aromatic heterocycles. The first-order valence-electron chi connectivity index (χ1n) is 10.3. The number of amides is 1. The van der Waals surface area contributed by atoms with Crippen molar-refractivity contribution in [2.45, 2.75) is 6.04 Å². The molecule has 4 rings (SSSR count). The van der Waals surface area contributed by atoms with E-state index in [2.05, 4.69) is 0 Å². The van der Waals surface area contributed by atoms with Crippen LogP contribution in [0.25, 0.3) is 5.76 Å². The van der Waals surface area contributed by atoms with Crippen molar-refractivity contribution in [1.82, 2.24) is 0 Å². The second-order valence-electron chi connectivity index (χ2n) is 7.49. The van der Waals surface area contributed by atoms with Crippen molar-refractivity contribution in [1.29, 1.82) is 0 Å². The number of methoxy groups -OCH3 is 3. The molecule has 0 unspecified atom stereocenters. The molecule has 1 amide bonds. The summed E-state index contributed by atoms with van der Waals surface area (Å²) in [6.45, 7) is 0. The third-order valence-corrected chi connectivity index (χ3v) is 5.89. The molecule has 0 radical (unpaired) electrons. The monoisotopic (exact) mass is 479 g/mol. The van der Waals surface area contributed by atoms with Gasteiger partial charge in [0.05, 0.1) is 32.9 Å². The zero-order valence-corrected chi connectivity index (χ0v) is 19.5. The van der Waals surface area contributed by atoms with Crippen LogP contribution in [-0.2, 0) is 9.59 Å². The predicted octanol–water partition coefficient (Wildman–Crippen LogP) is 4.99. The zero-order valence-electron chi connectivity index (χ0n) is 18.7. The Balaban J connectivity index is 1.94. The van der Waals surface area contributed by atoms with Crippen molar-refractivity contribution in [2.75, 3.05) is 26.2 Å². The fraction of sp³-hybridized carbons (Fsp3) is 0.154. The first-order chi connectivity index (χ1) is 16.4. The molecule has 7 nitrogen and oxygen atoms in total. The summed E-state index contributed by atoms with van der Waals surface area (Å²) in [6, 6.07) is 17.3. The van der Waals surface area contributed by atoms with Crippen molar-refractivity contribution in [2.24, 2.45) is 0 Å². The number of Topliss-reactive ketones (excluding diaryl/α,β-unsaturated/α-hetero) is 1. The first kappa shape index (κ1) is 23.2. The average Bonchev–Trinajstić information content (AvgIpc) is 3.13. The van der Waals surface area contributed by atoms with Crippen LogP contribution in [0.2, 0.25) is 5.02 Å². The number of carbonyl (C=O) groups excluding carboxylic acids is 2. The number of ether oxygens (including phenoxy) is 3. The summed E-state index contributed by atoms with van der Waals surface area (Å²) in [4.78, 5) is 27.8. The molecular weight excluding hydrogens is 458 g/mol. The number of ketones is 1. The Kier molecular flexibility index (Phi) is 6.47. The number of rotatable bonds is 6. The number of halogens is 1. The molecule has 0 aliphatic carbocycles. The van der Waals surface area contributed by atoms with Gasteiger partial charge in [0.1, 0.15) is 11.5 Å². The third-order valence-electron chi connectivity index (χ3n) is 5.64. The van der Waals surface area contributed by atoms with Crippen molar-refractivity contribution in [3.63, 3.8) is 0 Å². The molecule has 3 aromatic carbocycles. The molecule has 8 heteroatoms. The predicted molar refractivity (Wildman–Crippen MR) is 129 cm³/mol. The number of carbonyl (C=O) groups is 2. The number of benzene rings is 3. The van der Waals surface area contributed by atoms with Gasteiger partial charge in [-0.05, 0) is 66.2 Å². The van der Waals surface area contributed by atoms with Gasteiger partial charge < -0.3 is 19.3 Å². The molecule has 0 saturated carbocycles. The van der Waals surface area contributed by atoms with E-state index in [-0.39, 0.29) is 11.3 Å². The highest BCUT2D eigenvalue weighted by atomic mass is 35.5. The van der Waals surface area contributed by atoms with Gasteiger partial charge in [-0.2, -0.15) is 0 Å². The number of anilines is 1. The lowest BCUT2D eigenvalue weighted by atomic mass is 9.94. The van der Waals surface area contributed by atoms with Gasteiger partial charge >= 0.3 is 0 Å². The minimum absolute atomic E-state index is 0.0460. The van der Waals surface area contributed by atoms with Crippen LogP contribution >= 0.6 is 11.6 Å². The molecule has 0 spiro atoms. The largest absolute Gasteiger partial charge is 0.507 e. The van der Waals surface area contributed by atoms with E-state index in [1.54, 1.807) is 66.7 Å². The highest BCUT2D eigenvalue weighted by molar-refractivity contribution is 6.51. The van der Waals surface area contributed by atoms with E-state index in [0.717, 1.165) is 0 Å². The molecule has 3 aromatic rings. The lowest BCUT2D eigenvalue weighted by Crippen LogP contribution is -2.29. The van der Waals surface area contributed by atoms with Gasteiger partial charge in [-0.25, -0.2) is 0 Å². The van der Waals surface area contributed by atoms with Crippen LogP contribution in [-0.4, -0.2) is 38.1 Å². The van der Waals surface area contributed by atoms with E-state index in [1.807, 2.05) is 0 Å². The van der Waals surface area contributed by atoms with Crippen LogP contribution < -0.4 is 19.1 Å². The highest BCUT2D eigenvalue weighted by Gasteiger charge is 2.47. The summed E-state index contributed by atoms with van der Waals surface area (Å²) < 4.78 is 16.0. The number of hydrogen-bond donors (Lipinski definition) is 1. The topological polar surface area (TPSA) is 85.3 Å². The fourth-order valence-corrected chi connectivity index (χ4v) is 4.07. The second kappa shape index (κ2) is 9.49. The summed E-state index contributed by atoms with van der Waals surface area (Å²) in [5.41, 5.74) is 1.35. The summed E-state index contributed by atoms with van der Waals surface area (Å²) >= 11 is 5.98. The molecule has 1 saturated heterocycles. The smallest absolute Gasteiger partial charge is 0.300 e. The Bertz CT molecular complexity index is 1270. The Labute approximate surface area is 201 Å². The van der Waals surface area contributed by atoms with E-state index in [4.69, 9.17) is 25.8 Å². The normalized spacial score (nSPS) is 17.1. The van der Waals surface area contributed by atoms with Crippen LogP contribution in [0, 0.1) is 0 Å². The summed E-state index contributed by atoms with van der Waals surface area (Å²) in [7, 11) is 4.55. The maximum absolute atomic E-state index is 13.2. The molecule has 1 N–H and O–H groups in total. The van der Waals surface area contributed by atoms with Gasteiger partial charge in [0.15, 0.2) is 11.5 Å². The van der Waals surface area contributed by atoms with Crippen LogP contribution in [0.5, 0.6) is 17.2 Å². The summed E-state index contributed by atoms with van der Waals surface area (Å²) in [5, 5.41) is 11.6. The minimum Gasteiger partial charge on any atom is -0.507 e. The Morgan fingerprint density at radius 2 is 1.50 bits per heavy atom. The van der Waals surface area contributed by atoms with Gasteiger partial charge in [0.25, 0.3) is 11.7 Å². The fourth-order valence-electron chi connectivity index (χ4n) is 3.94. The van der Waals surface area contributed by atoms with Gasteiger partial charge in [0, 0.05) is 16.3 Å². The molecule has 1 fully saturated rings. The average molecular weight is 480 g/mol. The van der Waals surface area contributed by atoms with E-state index >= 15 is 0 Å². The quantitative estimate of drug-likeness (QED) is 0.304. The molecular formula is C26H22ClNO6. The summed E-state index contributed by atoms with van der Waals surface area (Å²) in [6.07, 6.45) is 0. The Morgan fingerprint density at radius 1 is 0.853 bits per heavy atom. The lowest BCUT2D eigenvalue weighted by molar-refractivity contribution is -0.132. The van der Waals surface area contributed by atoms with Crippen LogP contribution in [0.1, 0.15) is 17.2 Å². The standard InChI is InChI=1S/C26H22ClNO6/c1-32-19-11-9-18(10-12-19)28-23(16-6-13-20(33-2)21(14-16)34-3)22(25(30)26(28)31)24(29)15-4-7-17(27)8-5-15/h4-14,23,29H,1-3H3/b24-22+/t23-/m0/s1. The van der Waals surface area contributed by atoms with Gasteiger partial charge in [-0.15, -0.1) is 0 Å². The van der Waals surface area contributed by atoms with Crippen LogP contribution in [0.3, 0.4) is 0 Å². The molecule has 174 valence electrons. The SMILES string of the molecule is COc1ccc(N2C(=O)C(=O)/C(=C(/O)c3ccc(Cl)cc3)[C@@H]2c2ccc(OC)c(OC)c2)cc1. The van der Waals surface area contributed by atoms with Gasteiger partial charge in [0.2, 0.25) is 0 Å². The Morgan fingerprint density at radius 3 is 2.09 bits per heavy atom. The highest BCUT2D eigenvalue weighted by Crippen LogP contribution is 2.44. The van der Waals surface area contributed by atoms with Crippen molar-refractivity contribution >= 4 is 34.7 Å². The molecule has 1 aliphatic heterocycles. The van der Waals surface area contributed by atoms with Crippen LogP contribution in [0.4, 0.5) is 5.69 Å². The van der Waals surface area contributed by atoms with E-state index in [0.29, 0.717) is 39.1 Å². The number of hydrogen-bond acceptors (Lipinski definition) is 6. The number of aliphatic hydroxyl groups excluding tert-OH is 1.